The molecule has 2 aliphatic rings. The predicted octanol–water partition coefficient (Wildman–Crippen LogP) is 1.46. The number of hydrogen-bond acceptors (Lipinski definition) is 3. The summed E-state index contributed by atoms with van der Waals surface area (Å²) in [5, 5.41) is 3.06. The molecule has 0 spiro atoms. The standard InChI is InChI=1S/C15H26N2O3/c1-2-3-6-14(18)17-9-7-12(8-10-17)16-15(19)13-5-4-11-20-13/h12-13H,2-11H2,1H3,(H,16,19). The fourth-order valence-electron chi connectivity index (χ4n) is 2.84. The Labute approximate surface area is 121 Å². The van der Waals surface area contributed by atoms with Gasteiger partial charge in [-0.2, -0.15) is 0 Å². The molecule has 114 valence electrons. The highest BCUT2D eigenvalue weighted by Gasteiger charge is 2.28. The minimum atomic E-state index is -0.251. The fraction of sp³-hybridized carbons (Fsp3) is 0.867. The molecule has 2 saturated heterocycles. The van der Waals surface area contributed by atoms with Gasteiger partial charge in [-0.15, -0.1) is 0 Å². The Morgan fingerprint density at radius 3 is 2.60 bits per heavy atom. The van der Waals surface area contributed by atoms with Gasteiger partial charge in [0.15, 0.2) is 0 Å². The minimum Gasteiger partial charge on any atom is -0.368 e. The first-order valence-corrected chi connectivity index (χ1v) is 7.90. The summed E-state index contributed by atoms with van der Waals surface area (Å²) in [5.74, 6) is 0.286. The lowest BCUT2D eigenvalue weighted by Crippen LogP contribution is -2.48. The van der Waals surface area contributed by atoms with Crippen LogP contribution in [0.4, 0.5) is 0 Å². The Morgan fingerprint density at radius 2 is 2.00 bits per heavy atom. The van der Waals surface area contributed by atoms with Gasteiger partial charge >= 0.3 is 0 Å². The molecule has 2 amide bonds. The van der Waals surface area contributed by atoms with E-state index in [-0.39, 0.29) is 24.0 Å². The number of nitrogens with one attached hydrogen (secondary N) is 1. The molecule has 0 aromatic rings. The molecule has 2 aliphatic heterocycles. The largest absolute Gasteiger partial charge is 0.368 e. The SMILES string of the molecule is CCCCC(=O)N1CCC(NC(=O)C2CCCO2)CC1. The molecule has 0 aliphatic carbocycles. The summed E-state index contributed by atoms with van der Waals surface area (Å²) in [5.41, 5.74) is 0. The van der Waals surface area contributed by atoms with Gasteiger partial charge in [0, 0.05) is 32.2 Å². The van der Waals surface area contributed by atoms with Gasteiger partial charge in [0.05, 0.1) is 0 Å². The van der Waals surface area contributed by atoms with Crippen LogP contribution in [0.5, 0.6) is 0 Å². The van der Waals surface area contributed by atoms with Crippen molar-refractivity contribution in [1.29, 1.82) is 0 Å². The summed E-state index contributed by atoms with van der Waals surface area (Å²) in [7, 11) is 0. The second-order valence-electron chi connectivity index (χ2n) is 5.77. The van der Waals surface area contributed by atoms with Crippen LogP contribution in [0.25, 0.3) is 0 Å². The number of piperidine rings is 1. The van der Waals surface area contributed by atoms with E-state index in [4.69, 9.17) is 4.74 Å². The quantitative estimate of drug-likeness (QED) is 0.830. The Kier molecular flexibility index (Phi) is 5.83. The van der Waals surface area contributed by atoms with Gasteiger partial charge in [0.1, 0.15) is 6.10 Å². The van der Waals surface area contributed by atoms with Crippen molar-refractivity contribution in [3.63, 3.8) is 0 Å². The third kappa shape index (κ3) is 4.20. The lowest BCUT2D eigenvalue weighted by molar-refractivity contribution is -0.133. The molecule has 2 heterocycles. The van der Waals surface area contributed by atoms with E-state index in [2.05, 4.69) is 12.2 Å². The third-order valence-corrected chi connectivity index (χ3v) is 4.16. The zero-order chi connectivity index (χ0) is 14.4. The highest BCUT2D eigenvalue weighted by molar-refractivity contribution is 5.81. The van der Waals surface area contributed by atoms with Gasteiger partial charge in [-0.25, -0.2) is 0 Å². The summed E-state index contributed by atoms with van der Waals surface area (Å²) in [6.45, 7) is 4.32. The van der Waals surface area contributed by atoms with Crippen molar-refractivity contribution >= 4 is 11.8 Å². The smallest absolute Gasteiger partial charge is 0.249 e. The topological polar surface area (TPSA) is 58.6 Å². The highest BCUT2D eigenvalue weighted by Crippen LogP contribution is 2.15. The average Bonchev–Trinajstić information content (AvgIpc) is 3.00. The molecule has 2 fully saturated rings. The van der Waals surface area contributed by atoms with E-state index < -0.39 is 0 Å². The molecule has 0 saturated carbocycles. The summed E-state index contributed by atoms with van der Waals surface area (Å²) < 4.78 is 5.38. The normalized spacial score (nSPS) is 23.9. The zero-order valence-corrected chi connectivity index (χ0v) is 12.4. The maximum absolute atomic E-state index is 12.0. The Bertz CT molecular complexity index is 332. The van der Waals surface area contributed by atoms with Crippen LogP contribution >= 0.6 is 0 Å². The summed E-state index contributed by atoms with van der Waals surface area (Å²) in [6, 6.07) is 0.196. The van der Waals surface area contributed by atoms with E-state index in [0.29, 0.717) is 13.0 Å². The fourth-order valence-corrected chi connectivity index (χ4v) is 2.84. The van der Waals surface area contributed by atoms with E-state index in [1.165, 1.54) is 0 Å². The molecule has 1 unspecified atom stereocenters. The molecule has 5 nitrogen and oxygen atoms in total. The molecule has 5 heteroatoms. The first-order valence-electron chi connectivity index (χ1n) is 7.90. The number of unbranched alkanes of at least 4 members (excludes halogenated alkanes) is 1. The molecule has 0 bridgehead atoms. The van der Waals surface area contributed by atoms with Crippen LogP contribution in [0.2, 0.25) is 0 Å². The van der Waals surface area contributed by atoms with Crippen LogP contribution in [0.1, 0.15) is 51.9 Å². The van der Waals surface area contributed by atoms with E-state index in [1.54, 1.807) is 0 Å². The van der Waals surface area contributed by atoms with Crippen LogP contribution in [0, 0.1) is 0 Å². The Balaban J connectivity index is 1.68. The summed E-state index contributed by atoms with van der Waals surface area (Å²) in [6.07, 6.45) is 5.95. The number of carbonyl (C=O) groups is 2. The molecular formula is C15H26N2O3. The number of rotatable bonds is 5. The molecule has 1 atom stereocenters. The second kappa shape index (κ2) is 7.62. The lowest BCUT2D eigenvalue weighted by atomic mass is 10.0. The van der Waals surface area contributed by atoms with E-state index in [0.717, 1.165) is 51.6 Å². The number of amides is 2. The molecule has 0 aromatic carbocycles. The second-order valence-corrected chi connectivity index (χ2v) is 5.77. The number of hydrogen-bond donors (Lipinski definition) is 1. The molecule has 20 heavy (non-hydrogen) atoms. The van der Waals surface area contributed by atoms with Gasteiger partial charge in [-0.1, -0.05) is 13.3 Å². The first-order chi connectivity index (χ1) is 9.70. The zero-order valence-electron chi connectivity index (χ0n) is 12.4. The maximum atomic E-state index is 12.0. The number of nitrogens with zero attached hydrogens (tertiary/aromatic N) is 1. The van der Waals surface area contributed by atoms with Gasteiger partial charge < -0.3 is 15.0 Å². The van der Waals surface area contributed by atoms with Crippen LogP contribution in [0.3, 0.4) is 0 Å². The van der Waals surface area contributed by atoms with Crippen molar-refractivity contribution in [2.24, 2.45) is 0 Å². The van der Waals surface area contributed by atoms with Crippen LogP contribution in [-0.2, 0) is 14.3 Å². The van der Waals surface area contributed by atoms with E-state index >= 15 is 0 Å². The van der Waals surface area contributed by atoms with Crippen LogP contribution in [0.15, 0.2) is 0 Å². The predicted molar refractivity (Wildman–Crippen MR) is 76.2 cm³/mol. The van der Waals surface area contributed by atoms with Crippen LogP contribution in [-0.4, -0.2) is 48.6 Å². The third-order valence-electron chi connectivity index (χ3n) is 4.16. The number of ether oxygens (including phenoxy) is 1. The lowest BCUT2D eigenvalue weighted by Gasteiger charge is -2.33. The van der Waals surface area contributed by atoms with Gasteiger partial charge in [-0.3, -0.25) is 9.59 Å². The van der Waals surface area contributed by atoms with E-state index in [9.17, 15) is 9.59 Å². The first kappa shape index (κ1) is 15.3. The highest BCUT2D eigenvalue weighted by atomic mass is 16.5. The molecular weight excluding hydrogens is 256 g/mol. The van der Waals surface area contributed by atoms with Crippen molar-refractivity contribution in [1.82, 2.24) is 10.2 Å². The van der Waals surface area contributed by atoms with Gasteiger partial charge in [0.25, 0.3) is 0 Å². The molecule has 1 N–H and O–H groups in total. The van der Waals surface area contributed by atoms with Gasteiger partial charge in [-0.05, 0) is 32.1 Å². The van der Waals surface area contributed by atoms with Crippen molar-refractivity contribution < 1.29 is 14.3 Å². The molecule has 2 rings (SSSR count). The summed E-state index contributed by atoms with van der Waals surface area (Å²) >= 11 is 0. The minimum absolute atomic E-state index is 0.0262. The Morgan fingerprint density at radius 1 is 1.25 bits per heavy atom. The molecule has 0 aromatic heterocycles. The maximum Gasteiger partial charge on any atom is 0.249 e. The van der Waals surface area contributed by atoms with Crippen molar-refractivity contribution in [2.45, 2.75) is 64.0 Å². The summed E-state index contributed by atoms with van der Waals surface area (Å²) in [4.78, 5) is 25.8. The van der Waals surface area contributed by atoms with Gasteiger partial charge in [0.2, 0.25) is 11.8 Å². The Hall–Kier alpha value is -1.10. The number of carbonyl (C=O) groups excluding carboxylic acids is 2. The average molecular weight is 282 g/mol. The van der Waals surface area contributed by atoms with E-state index in [1.807, 2.05) is 4.90 Å². The van der Waals surface area contributed by atoms with Crippen molar-refractivity contribution in [2.75, 3.05) is 19.7 Å². The van der Waals surface area contributed by atoms with Crippen molar-refractivity contribution in [3.8, 4) is 0 Å². The molecule has 0 radical (unpaired) electrons. The monoisotopic (exact) mass is 282 g/mol. The van der Waals surface area contributed by atoms with Crippen LogP contribution < -0.4 is 5.32 Å². The number of likely N-dealkylation sites (tertiary alicyclic amines) is 1. The van der Waals surface area contributed by atoms with Crippen molar-refractivity contribution in [3.05, 3.63) is 0 Å².